The monoisotopic (exact) mass is 299 g/mol. The number of nitrogens with zero attached hydrogens (tertiary/aromatic N) is 1. The van der Waals surface area contributed by atoms with Gasteiger partial charge in [-0.05, 0) is 73.8 Å². The zero-order chi connectivity index (χ0) is 15.2. The maximum absolute atomic E-state index is 12.4. The molecule has 0 saturated heterocycles. The number of rotatable bonds is 4. The molecule has 4 aliphatic carbocycles. The predicted molar refractivity (Wildman–Crippen MR) is 85.1 cm³/mol. The summed E-state index contributed by atoms with van der Waals surface area (Å²) in [6, 6.07) is 3.57. The van der Waals surface area contributed by atoms with Gasteiger partial charge in [0.05, 0.1) is 5.69 Å². The molecule has 4 fully saturated rings. The summed E-state index contributed by atoms with van der Waals surface area (Å²) < 4.78 is 0. The van der Waals surface area contributed by atoms with Crippen molar-refractivity contribution in [1.82, 2.24) is 10.3 Å². The minimum Gasteiger partial charge on any atom is -0.351 e. The van der Waals surface area contributed by atoms with Gasteiger partial charge in [0, 0.05) is 24.8 Å². The van der Waals surface area contributed by atoms with Crippen LogP contribution in [0, 0.1) is 23.2 Å². The number of carbonyl (C=O) groups excluding carboxylic acids is 1. The van der Waals surface area contributed by atoms with Crippen LogP contribution in [0.3, 0.4) is 0 Å². The SMILES string of the molecule is NCc1cc(C(=O)NCC23CC4CC(CC(C4)C2)C3)ccn1. The van der Waals surface area contributed by atoms with Gasteiger partial charge in [-0.25, -0.2) is 0 Å². The molecular formula is C18H25N3O. The summed E-state index contributed by atoms with van der Waals surface area (Å²) in [5, 5.41) is 3.20. The maximum Gasteiger partial charge on any atom is 0.251 e. The zero-order valence-corrected chi connectivity index (χ0v) is 13.1. The van der Waals surface area contributed by atoms with Gasteiger partial charge >= 0.3 is 0 Å². The second kappa shape index (κ2) is 5.34. The zero-order valence-electron chi connectivity index (χ0n) is 13.1. The van der Waals surface area contributed by atoms with E-state index in [1.165, 1.54) is 38.5 Å². The van der Waals surface area contributed by atoms with Gasteiger partial charge in [-0.15, -0.1) is 0 Å². The van der Waals surface area contributed by atoms with Gasteiger partial charge in [0.15, 0.2) is 0 Å². The first-order valence-electron chi connectivity index (χ1n) is 8.59. The van der Waals surface area contributed by atoms with Gasteiger partial charge in [-0.3, -0.25) is 9.78 Å². The van der Waals surface area contributed by atoms with Crippen molar-refractivity contribution >= 4 is 5.91 Å². The van der Waals surface area contributed by atoms with Crippen LogP contribution in [0.4, 0.5) is 0 Å². The number of carbonyl (C=O) groups is 1. The lowest BCUT2D eigenvalue weighted by atomic mass is 9.49. The van der Waals surface area contributed by atoms with Crippen molar-refractivity contribution in [3.63, 3.8) is 0 Å². The highest BCUT2D eigenvalue weighted by atomic mass is 16.1. The van der Waals surface area contributed by atoms with Crippen LogP contribution < -0.4 is 11.1 Å². The fourth-order valence-electron chi connectivity index (χ4n) is 5.61. The highest BCUT2D eigenvalue weighted by Crippen LogP contribution is 2.59. The van der Waals surface area contributed by atoms with Gasteiger partial charge in [0.1, 0.15) is 0 Å². The molecule has 0 atom stereocenters. The second-order valence-electron chi connectivity index (χ2n) is 7.84. The molecule has 4 saturated carbocycles. The normalized spacial score (nSPS) is 35.6. The smallest absolute Gasteiger partial charge is 0.251 e. The Balaban J connectivity index is 1.43. The Morgan fingerprint density at radius 3 is 2.45 bits per heavy atom. The van der Waals surface area contributed by atoms with Crippen molar-refractivity contribution in [3.8, 4) is 0 Å². The first kappa shape index (κ1) is 14.2. The minimum absolute atomic E-state index is 0.0212. The van der Waals surface area contributed by atoms with E-state index < -0.39 is 0 Å². The third-order valence-corrected chi connectivity index (χ3v) is 6.08. The number of nitrogens with one attached hydrogen (secondary N) is 1. The molecule has 1 amide bonds. The highest BCUT2D eigenvalue weighted by molar-refractivity contribution is 5.94. The van der Waals surface area contributed by atoms with Crippen molar-refractivity contribution in [1.29, 1.82) is 0 Å². The molecule has 0 unspecified atom stereocenters. The third-order valence-electron chi connectivity index (χ3n) is 6.08. The number of hydrogen-bond acceptors (Lipinski definition) is 3. The predicted octanol–water partition coefficient (Wildman–Crippen LogP) is 2.49. The molecule has 1 aromatic heterocycles. The van der Waals surface area contributed by atoms with Crippen molar-refractivity contribution in [2.24, 2.45) is 28.9 Å². The Labute approximate surface area is 131 Å². The lowest BCUT2D eigenvalue weighted by molar-refractivity contribution is -0.0503. The van der Waals surface area contributed by atoms with Crippen LogP contribution in [0.2, 0.25) is 0 Å². The molecule has 118 valence electrons. The van der Waals surface area contributed by atoms with Crippen LogP contribution in [0.25, 0.3) is 0 Å². The molecule has 22 heavy (non-hydrogen) atoms. The molecule has 5 rings (SSSR count). The quantitative estimate of drug-likeness (QED) is 0.897. The van der Waals surface area contributed by atoms with Crippen LogP contribution >= 0.6 is 0 Å². The summed E-state index contributed by atoms with van der Waals surface area (Å²) in [6.07, 6.45) is 9.96. The Hall–Kier alpha value is -1.42. The molecule has 0 spiro atoms. The van der Waals surface area contributed by atoms with E-state index in [4.69, 9.17) is 5.73 Å². The van der Waals surface area contributed by atoms with E-state index in [1.807, 2.05) is 0 Å². The lowest BCUT2D eigenvalue weighted by Gasteiger charge is -2.56. The Morgan fingerprint density at radius 1 is 1.23 bits per heavy atom. The molecule has 0 aliphatic heterocycles. The standard InChI is InChI=1S/C18H25N3O/c19-10-16-6-15(1-2-20-16)17(22)21-11-18-7-12-3-13(8-18)5-14(4-12)9-18/h1-2,6,12-14H,3-5,7-11,19H2,(H,21,22). The lowest BCUT2D eigenvalue weighted by Crippen LogP contribution is -2.51. The van der Waals surface area contributed by atoms with E-state index >= 15 is 0 Å². The van der Waals surface area contributed by atoms with Crippen molar-refractivity contribution < 1.29 is 4.79 Å². The molecule has 4 nitrogen and oxygen atoms in total. The maximum atomic E-state index is 12.4. The first-order valence-corrected chi connectivity index (χ1v) is 8.59. The third kappa shape index (κ3) is 2.54. The molecule has 4 bridgehead atoms. The summed E-state index contributed by atoms with van der Waals surface area (Å²) in [5.41, 5.74) is 7.43. The van der Waals surface area contributed by atoms with E-state index in [9.17, 15) is 4.79 Å². The van der Waals surface area contributed by atoms with Gasteiger partial charge in [-0.1, -0.05) is 0 Å². The highest BCUT2D eigenvalue weighted by Gasteiger charge is 2.50. The minimum atomic E-state index is 0.0212. The average molecular weight is 299 g/mol. The molecule has 4 aliphatic rings. The van der Waals surface area contributed by atoms with E-state index in [0.29, 0.717) is 17.5 Å². The van der Waals surface area contributed by atoms with Crippen LogP contribution in [0.5, 0.6) is 0 Å². The second-order valence-corrected chi connectivity index (χ2v) is 7.84. The largest absolute Gasteiger partial charge is 0.351 e. The Bertz CT molecular complexity index is 548. The molecule has 3 N–H and O–H groups in total. The van der Waals surface area contributed by atoms with Crippen LogP contribution in [0.1, 0.15) is 54.6 Å². The summed E-state index contributed by atoms with van der Waals surface area (Å²) in [6.45, 7) is 1.21. The van der Waals surface area contributed by atoms with Crippen molar-refractivity contribution in [2.45, 2.75) is 45.1 Å². The Morgan fingerprint density at radius 2 is 1.86 bits per heavy atom. The summed E-state index contributed by atoms with van der Waals surface area (Å²) >= 11 is 0. The van der Waals surface area contributed by atoms with Crippen molar-refractivity contribution in [3.05, 3.63) is 29.6 Å². The van der Waals surface area contributed by atoms with Crippen LogP contribution in [-0.4, -0.2) is 17.4 Å². The number of hydrogen-bond donors (Lipinski definition) is 2. The molecule has 4 heteroatoms. The van der Waals surface area contributed by atoms with Gasteiger partial charge in [-0.2, -0.15) is 0 Å². The fourth-order valence-corrected chi connectivity index (χ4v) is 5.61. The van der Waals surface area contributed by atoms with Gasteiger partial charge in [0.2, 0.25) is 0 Å². The molecule has 0 aromatic carbocycles. The molecule has 1 aromatic rings. The first-order chi connectivity index (χ1) is 10.7. The molecule has 1 heterocycles. The number of pyridine rings is 1. The van der Waals surface area contributed by atoms with Crippen LogP contribution in [-0.2, 0) is 6.54 Å². The molecular weight excluding hydrogens is 274 g/mol. The van der Waals surface area contributed by atoms with Crippen molar-refractivity contribution in [2.75, 3.05) is 6.54 Å². The number of nitrogens with two attached hydrogens (primary N) is 1. The topological polar surface area (TPSA) is 68.0 Å². The number of aromatic nitrogens is 1. The summed E-state index contributed by atoms with van der Waals surface area (Å²) in [4.78, 5) is 16.6. The van der Waals surface area contributed by atoms with E-state index in [-0.39, 0.29) is 5.91 Å². The summed E-state index contributed by atoms with van der Waals surface area (Å²) in [7, 11) is 0. The summed E-state index contributed by atoms with van der Waals surface area (Å²) in [5.74, 6) is 2.79. The van der Waals surface area contributed by atoms with Gasteiger partial charge < -0.3 is 11.1 Å². The van der Waals surface area contributed by atoms with Gasteiger partial charge in [0.25, 0.3) is 5.91 Å². The Kier molecular flexibility index (Phi) is 3.44. The fraction of sp³-hybridized carbons (Fsp3) is 0.667. The van der Waals surface area contributed by atoms with E-state index in [2.05, 4.69) is 10.3 Å². The average Bonchev–Trinajstić information content (AvgIpc) is 2.51. The molecule has 0 radical (unpaired) electrons. The van der Waals surface area contributed by atoms with Crippen LogP contribution in [0.15, 0.2) is 18.3 Å². The number of amides is 1. The van der Waals surface area contributed by atoms with E-state index in [1.54, 1.807) is 18.3 Å². The van der Waals surface area contributed by atoms with E-state index in [0.717, 1.165) is 30.0 Å².